The third-order valence-electron chi connectivity index (χ3n) is 8.88. The van der Waals surface area contributed by atoms with Crippen molar-refractivity contribution in [2.45, 2.75) is 69.4 Å². The van der Waals surface area contributed by atoms with Crippen molar-refractivity contribution in [3.8, 4) is 0 Å². The highest BCUT2D eigenvalue weighted by Crippen LogP contribution is 2.58. The second-order valence-electron chi connectivity index (χ2n) is 11.4. The Morgan fingerprint density at radius 3 is 2.42 bits per heavy atom. The molecule has 2 saturated heterocycles. The molecule has 1 N–H and O–H groups in total. The van der Waals surface area contributed by atoms with Crippen LogP contribution in [0.1, 0.15) is 39.2 Å². The average molecular weight is 522 g/mol. The molecule has 4 aliphatic rings. The average Bonchev–Trinajstić information content (AvgIpc) is 3.18. The van der Waals surface area contributed by atoms with Crippen molar-refractivity contribution in [1.82, 2.24) is 14.7 Å². The van der Waals surface area contributed by atoms with Gasteiger partial charge in [-0.1, -0.05) is 68.0 Å². The van der Waals surface area contributed by atoms with Gasteiger partial charge in [0.1, 0.15) is 11.6 Å². The summed E-state index contributed by atoms with van der Waals surface area (Å²) in [6.45, 7) is 6.49. The van der Waals surface area contributed by atoms with Crippen LogP contribution in [0.3, 0.4) is 0 Å². The molecule has 0 radical (unpaired) electrons. The van der Waals surface area contributed by atoms with E-state index in [9.17, 15) is 19.5 Å². The predicted molar refractivity (Wildman–Crippen MR) is 143 cm³/mol. The van der Waals surface area contributed by atoms with Crippen LogP contribution in [0.4, 0.5) is 0 Å². The van der Waals surface area contributed by atoms with E-state index in [0.717, 1.165) is 18.4 Å². The number of hydrogen-bond acceptors (Lipinski definition) is 5. The summed E-state index contributed by atoms with van der Waals surface area (Å²) in [5.41, 5.74) is -1.39. The summed E-state index contributed by atoms with van der Waals surface area (Å²) in [4.78, 5) is 47.7. The Bertz CT molecular complexity index is 1150. The van der Waals surface area contributed by atoms with Gasteiger partial charge >= 0.3 is 0 Å². The molecule has 0 bridgehead atoms. The molecule has 1 aromatic rings. The fourth-order valence-electron chi connectivity index (χ4n) is 7.10. The van der Waals surface area contributed by atoms with Crippen molar-refractivity contribution in [2.24, 2.45) is 11.8 Å². The maximum atomic E-state index is 14.5. The van der Waals surface area contributed by atoms with Crippen LogP contribution < -0.4 is 0 Å². The van der Waals surface area contributed by atoms with Crippen LogP contribution in [0, 0.1) is 11.8 Å². The third-order valence-corrected chi connectivity index (χ3v) is 8.88. The largest absolute Gasteiger partial charge is 0.394 e. The number of ether oxygens (including phenoxy) is 1. The van der Waals surface area contributed by atoms with Gasteiger partial charge in [0.05, 0.1) is 30.1 Å². The van der Waals surface area contributed by atoms with Crippen molar-refractivity contribution in [2.75, 3.05) is 26.7 Å². The van der Waals surface area contributed by atoms with Gasteiger partial charge in [-0.3, -0.25) is 14.4 Å². The number of hydrogen-bond donors (Lipinski definition) is 1. The van der Waals surface area contributed by atoms with E-state index in [1.807, 2.05) is 73.4 Å². The van der Waals surface area contributed by atoms with Crippen LogP contribution in [0.5, 0.6) is 0 Å². The molecule has 38 heavy (non-hydrogen) atoms. The van der Waals surface area contributed by atoms with Crippen molar-refractivity contribution in [3.63, 3.8) is 0 Å². The summed E-state index contributed by atoms with van der Waals surface area (Å²) < 4.78 is 6.84. The molecule has 2 unspecified atom stereocenters. The Labute approximate surface area is 224 Å². The van der Waals surface area contributed by atoms with E-state index in [1.54, 1.807) is 16.8 Å². The van der Waals surface area contributed by atoms with Gasteiger partial charge in [-0.2, -0.15) is 0 Å². The molecule has 4 aliphatic heterocycles. The van der Waals surface area contributed by atoms with Crippen molar-refractivity contribution < 1.29 is 24.2 Å². The highest BCUT2D eigenvalue weighted by molar-refractivity contribution is 6.00. The lowest BCUT2D eigenvalue weighted by molar-refractivity contribution is -0.156. The van der Waals surface area contributed by atoms with Crippen molar-refractivity contribution >= 4 is 17.7 Å². The standard InChI is InChI=1S/C30H39N3O5/c1-5-11-20(2)32-17-10-15-30-24(23-26(35)31(4)16-9-14-29(23,3)38-30)27(36)33(25(30)28(32)37)22(19-34)18-21-12-7-6-8-13-21/h6-10,12-15,20,22-25,34H,5,11,16-19H2,1-4H3/t20?,22-,23-,24+,25?,29+,30+/m1/s1. The van der Waals surface area contributed by atoms with Gasteiger partial charge in [0.15, 0.2) is 0 Å². The highest BCUT2D eigenvalue weighted by atomic mass is 16.5. The smallest absolute Gasteiger partial charge is 0.249 e. The summed E-state index contributed by atoms with van der Waals surface area (Å²) >= 11 is 0. The predicted octanol–water partition coefficient (Wildman–Crippen LogP) is 2.18. The molecule has 204 valence electrons. The molecular weight excluding hydrogens is 482 g/mol. The number of aliphatic hydroxyl groups is 1. The quantitative estimate of drug-likeness (QED) is 0.556. The molecule has 1 spiro atoms. The Balaban J connectivity index is 1.65. The second-order valence-corrected chi connectivity index (χ2v) is 11.4. The molecule has 8 nitrogen and oxygen atoms in total. The zero-order valence-corrected chi connectivity index (χ0v) is 22.7. The fraction of sp³-hybridized carbons (Fsp3) is 0.567. The van der Waals surface area contributed by atoms with E-state index >= 15 is 0 Å². The summed E-state index contributed by atoms with van der Waals surface area (Å²) in [7, 11) is 1.73. The molecule has 0 aliphatic carbocycles. The monoisotopic (exact) mass is 521 g/mol. The maximum Gasteiger partial charge on any atom is 0.249 e. The first-order chi connectivity index (χ1) is 18.2. The van der Waals surface area contributed by atoms with Crippen LogP contribution in [0.2, 0.25) is 0 Å². The van der Waals surface area contributed by atoms with Gasteiger partial charge < -0.3 is 24.5 Å². The minimum atomic E-state index is -1.31. The maximum absolute atomic E-state index is 14.5. The van der Waals surface area contributed by atoms with E-state index < -0.39 is 35.1 Å². The van der Waals surface area contributed by atoms with Gasteiger partial charge in [0.25, 0.3) is 0 Å². The van der Waals surface area contributed by atoms with Crippen LogP contribution in [0.25, 0.3) is 0 Å². The number of amides is 3. The van der Waals surface area contributed by atoms with E-state index in [4.69, 9.17) is 4.74 Å². The number of benzene rings is 1. The first-order valence-corrected chi connectivity index (χ1v) is 13.8. The van der Waals surface area contributed by atoms with Gasteiger partial charge in [0.2, 0.25) is 17.7 Å². The lowest BCUT2D eigenvalue weighted by Crippen LogP contribution is -2.60. The summed E-state index contributed by atoms with van der Waals surface area (Å²) in [5, 5.41) is 10.6. The first-order valence-electron chi connectivity index (χ1n) is 13.8. The van der Waals surface area contributed by atoms with Gasteiger partial charge in [0, 0.05) is 26.2 Å². The SMILES string of the molecule is CCCC(C)N1CC=C[C@]23O[C@@]4(C)C=CCN(C)C(=O)[C@H]4[C@H]2C(=O)N([C@@H](CO)Cc2ccccc2)C3C1=O. The molecular formula is C30H39N3O5. The Morgan fingerprint density at radius 2 is 1.74 bits per heavy atom. The summed E-state index contributed by atoms with van der Waals surface area (Å²) in [6, 6.07) is 8.01. The second kappa shape index (κ2) is 9.97. The third kappa shape index (κ3) is 4.00. The number of nitrogens with zero attached hydrogens (tertiary/aromatic N) is 3. The number of likely N-dealkylation sites (N-methyl/N-ethyl adjacent to an activating group) is 1. The summed E-state index contributed by atoms with van der Waals surface area (Å²) in [5.74, 6) is -2.32. The van der Waals surface area contributed by atoms with E-state index in [0.29, 0.717) is 19.5 Å². The van der Waals surface area contributed by atoms with E-state index in [2.05, 4.69) is 6.92 Å². The van der Waals surface area contributed by atoms with Crippen molar-refractivity contribution in [3.05, 3.63) is 60.2 Å². The van der Waals surface area contributed by atoms with Gasteiger partial charge in [-0.15, -0.1) is 0 Å². The topological polar surface area (TPSA) is 90.4 Å². The minimum Gasteiger partial charge on any atom is -0.394 e. The molecule has 7 atom stereocenters. The first kappa shape index (κ1) is 26.6. The molecule has 1 aromatic carbocycles. The number of carbonyl (C=O) groups excluding carboxylic acids is 3. The van der Waals surface area contributed by atoms with Crippen LogP contribution in [-0.2, 0) is 25.5 Å². The summed E-state index contributed by atoms with van der Waals surface area (Å²) in [6.07, 6.45) is 9.72. The molecule has 3 amide bonds. The van der Waals surface area contributed by atoms with Gasteiger partial charge in [-0.05, 0) is 32.3 Å². The van der Waals surface area contributed by atoms with Gasteiger partial charge in [-0.25, -0.2) is 0 Å². The van der Waals surface area contributed by atoms with E-state index in [-0.39, 0.29) is 30.4 Å². The lowest BCUT2D eigenvalue weighted by atomic mass is 9.74. The zero-order chi connectivity index (χ0) is 27.2. The van der Waals surface area contributed by atoms with Crippen molar-refractivity contribution in [1.29, 1.82) is 0 Å². The molecule has 0 saturated carbocycles. The van der Waals surface area contributed by atoms with Crippen LogP contribution >= 0.6 is 0 Å². The molecule has 8 heteroatoms. The highest BCUT2D eigenvalue weighted by Gasteiger charge is 2.75. The Hall–Kier alpha value is -2.97. The minimum absolute atomic E-state index is 0.0277. The van der Waals surface area contributed by atoms with Crippen LogP contribution in [0.15, 0.2) is 54.6 Å². The number of carbonyl (C=O) groups is 3. The fourth-order valence-corrected chi connectivity index (χ4v) is 7.10. The molecule has 5 rings (SSSR count). The Kier molecular flexibility index (Phi) is 6.99. The Morgan fingerprint density at radius 1 is 1.03 bits per heavy atom. The molecule has 4 heterocycles. The lowest BCUT2D eigenvalue weighted by Gasteiger charge is -2.41. The zero-order valence-electron chi connectivity index (χ0n) is 22.7. The van der Waals surface area contributed by atoms with Crippen LogP contribution in [-0.4, -0.2) is 93.6 Å². The number of fused-ring (bicyclic) bond motifs is 2. The molecule has 0 aromatic heterocycles. The number of aliphatic hydroxyl groups excluding tert-OH is 1. The molecule has 2 fully saturated rings. The number of rotatable bonds is 7. The van der Waals surface area contributed by atoms with E-state index in [1.165, 1.54) is 0 Å². The normalized spacial score (nSPS) is 34.1. The number of likely N-dealkylation sites (tertiary alicyclic amines) is 1.